The summed E-state index contributed by atoms with van der Waals surface area (Å²) in [4.78, 5) is 0. The standard InChI is InChI=1S/C17H27NO2/c1-12-5-4-6-16(11-12)20-13(2)17(18)14-7-9-15(19-3)10-8-14/h7-10,12-13,16-17H,4-6,11,18H2,1-3H3. The molecule has 3 nitrogen and oxygen atoms in total. The molecule has 0 aliphatic heterocycles. The van der Waals surface area contributed by atoms with Gasteiger partial charge < -0.3 is 15.2 Å². The van der Waals surface area contributed by atoms with Crippen molar-refractivity contribution >= 4 is 0 Å². The second-order valence-electron chi connectivity index (χ2n) is 6.03. The van der Waals surface area contributed by atoms with E-state index in [1.807, 2.05) is 24.3 Å². The maximum absolute atomic E-state index is 6.32. The Morgan fingerprint density at radius 3 is 2.50 bits per heavy atom. The van der Waals surface area contributed by atoms with E-state index in [2.05, 4.69) is 13.8 Å². The first-order valence-electron chi connectivity index (χ1n) is 7.65. The maximum atomic E-state index is 6.32. The Hall–Kier alpha value is -1.06. The van der Waals surface area contributed by atoms with Gasteiger partial charge in [-0.2, -0.15) is 0 Å². The number of hydrogen-bond donors (Lipinski definition) is 1. The predicted octanol–water partition coefficient (Wildman–Crippen LogP) is 3.68. The van der Waals surface area contributed by atoms with Crippen LogP contribution >= 0.6 is 0 Å². The van der Waals surface area contributed by atoms with Crippen molar-refractivity contribution in [3.05, 3.63) is 29.8 Å². The van der Waals surface area contributed by atoms with Crippen molar-refractivity contribution in [3.8, 4) is 5.75 Å². The largest absolute Gasteiger partial charge is 0.497 e. The highest BCUT2D eigenvalue weighted by Crippen LogP contribution is 2.28. The third kappa shape index (κ3) is 3.97. The molecule has 0 aromatic heterocycles. The molecule has 1 aromatic carbocycles. The van der Waals surface area contributed by atoms with Crippen molar-refractivity contribution in [2.75, 3.05) is 7.11 Å². The normalized spacial score (nSPS) is 26.0. The van der Waals surface area contributed by atoms with E-state index in [4.69, 9.17) is 15.2 Å². The highest BCUT2D eigenvalue weighted by atomic mass is 16.5. The Kier molecular flexibility index (Phi) is 5.44. The topological polar surface area (TPSA) is 44.5 Å². The molecule has 0 heterocycles. The van der Waals surface area contributed by atoms with E-state index < -0.39 is 0 Å². The molecule has 4 atom stereocenters. The van der Waals surface area contributed by atoms with E-state index >= 15 is 0 Å². The summed E-state index contributed by atoms with van der Waals surface area (Å²) in [6, 6.07) is 7.85. The molecular formula is C17H27NO2. The van der Waals surface area contributed by atoms with Gasteiger partial charge in [0.2, 0.25) is 0 Å². The molecule has 2 rings (SSSR count). The SMILES string of the molecule is COc1ccc(C(N)C(C)OC2CCCC(C)C2)cc1. The molecule has 0 radical (unpaired) electrons. The fourth-order valence-corrected chi connectivity index (χ4v) is 2.99. The lowest BCUT2D eigenvalue weighted by Gasteiger charge is -2.31. The van der Waals surface area contributed by atoms with Gasteiger partial charge in [-0.05, 0) is 43.4 Å². The van der Waals surface area contributed by atoms with Crippen LogP contribution in [0, 0.1) is 5.92 Å². The Morgan fingerprint density at radius 2 is 1.90 bits per heavy atom. The minimum atomic E-state index is -0.0851. The van der Waals surface area contributed by atoms with Crippen LogP contribution in [0.15, 0.2) is 24.3 Å². The van der Waals surface area contributed by atoms with Crippen molar-refractivity contribution in [1.82, 2.24) is 0 Å². The lowest BCUT2D eigenvalue weighted by molar-refractivity contribution is -0.0410. The van der Waals surface area contributed by atoms with E-state index in [1.54, 1.807) is 7.11 Å². The number of ether oxygens (including phenoxy) is 2. The number of nitrogens with two attached hydrogens (primary N) is 1. The smallest absolute Gasteiger partial charge is 0.118 e. The number of methoxy groups -OCH3 is 1. The number of rotatable bonds is 5. The van der Waals surface area contributed by atoms with Crippen LogP contribution in [0.4, 0.5) is 0 Å². The molecule has 0 saturated heterocycles. The number of hydrogen-bond acceptors (Lipinski definition) is 3. The van der Waals surface area contributed by atoms with E-state index in [1.165, 1.54) is 25.7 Å². The molecule has 0 bridgehead atoms. The summed E-state index contributed by atoms with van der Waals surface area (Å²) < 4.78 is 11.3. The van der Waals surface area contributed by atoms with Gasteiger partial charge in [-0.1, -0.05) is 31.9 Å². The second kappa shape index (κ2) is 7.09. The van der Waals surface area contributed by atoms with Crippen molar-refractivity contribution < 1.29 is 9.47 Å². The summed E-state index contributed by atoms with van der Waals surface area (Å²) in [5, 5.41) is 0. The fourth-order valence-electron chi connectivity index (χ4n) is 2.99. The van der Waals surface area contributed by atoms with Gasteiger partial charge >= 0.3 is 0 Å². The van der Waals surface area contributed by atoms with E-state index in [9.17, 15) is 0 Å². The average molecular weight is 277 g/mol. The van der Waals surface area contributed by atoms with Crippen LogP contribution in [0.1, 0.15) is 51.1 Å². The first-order chi connectivity index (χ1) is 9.60. The van der Waals surface area contributed by atoms with Gasteiger partial charge in [-0.3, -0.25) is 0 Å². The minimum Gasteiger partial charge on any atom is -0.497 e. The molecule has 1 aliphatic rings. The highest BCUT2D eigenvalue weighted by molar-refractivity contribution is 5.29. The van der Waals surface area contributed by atoms with E-state index in [-0.39, 0.29) is 12.1 Å². The van der Waals surface area contributed by atoms with Gasteiger partial charge in [0.25, 0.3) is 0 Å². The Balaban J connectivity index is 1.91. The van der Waals surface area contributed by atoms with Crippen LogP contribution in [0.5, 0.6) is 5.75 Å². The van der Waals surface area contributed by atoms with Crippen LogP contribution in [0.25, 0.3) is 0 Å². The zero-order valence-corrected chi connectivity index (χ0v) is 12.8. The lowest BCUT2D eigenvalue weighted by Crippen LogP contribution is -2.32. The van der Waals surface area contributed by atoms with Crippen LogP contribution in [0.3, 0.4) is 0 Å². The first-order valence-corrected chi connectivity index (χ1v) is 7.65. The average Bonchev–Trinajstić information content (AvgIpc) is 2.46. The summed E-state index contributed by atoms with van der Waals surface area (Å²) in [5.41, 5.74) is 7.42. The van der Waals surface area contributed by atoms with Crippen molar-refractivity contribution in [3.63, 3.8) is 0 Å². The Labute approximate surface area is 122 Å². The summed E-state index contributed by atoms with van der Waals surface area (Å²) in [5.74, 6) is 1.63. The molecule has 20 heavy (non-hydrogen) atoms. The zero-order valence-electron chi connectivity index (χ0n) is 12.8. The molecule has 0 amide bonds. The third-order valence-electron chi connectivity index (χ3n) is 4.30. The predicted molar refractivity (Wildman–Crippen MR) is 81.9 cm³/mol. The highest BCUT2D eigenvalue weighted by Gasteiger charge is 2.24. The van der Waals surface area contributed by atoms with Gasteiger partial charge in [-0.25, -0.2) is 0 Å². The van der Waals surface area contributed by atoms with Crippen LogP contribution in [0.2, 0.25) is 0 Å². The molecule has 1 saturated carbocycles. The summed E-state index contributed by atoms with van der Waals surface area (Å²) in [6.45, 7) is 4.39. The fraction of sp³-hybridized carbons (Fsp3) is 0.647. The molecule has 3 heteroatoms. The molecular weight excluding hydrogens is 250 g/mol. The molecule has 0 spiro atoms. The van der Waals surface area contributed by atoms with Crippen LogP contribution < -0.4 is 10.5 Å². The Morgan fingerprint density at radius 1 is 1.20 bits per heavy atom. The van der Waals surface area contributed by atoms with Gasteiger partial charge in [0, 0.05) is 0 Å². The molecule has 112 valence electrons. The van der Waals surface area contributed by atoms with Crippen molar-refractivity contribution in [2.45, 2.75) is 57.8 Å². The molecule has 1 fully saturated rings. The van der Waals surface area contributed by atoms with Gasteiger partial charge in [-0.15, -0.1) is 0 Å². The third-order valence-corrected chi connectivity index (χ3v) is 4.30. The summed E-state index contributed by atoms with van der Waals surface area (Å²) in [7, 11) is 1.67. The van der Waals surface area contributed by atoms with Gasteiger partial charge in [0.15, 0.2) is 0 Å². The molecule has 1 aliphatic carbocycles. The summed E-state index contributed by atoms with van der Waals surface area (Å²) >= 11 is 0. The Bertz CT molecular complexity index is 404. The van der Waals surface area contributed by atoms with Crippen LogP contribution in [-0.4, -0.2) is 19.3 Å². The monoisotopic (exact) mass is 277 g/mol. The zero-order chi connectivity index (χ0) is 14.5. The van der Waals surface area contributed by atoms with Crippen molar-refractivity contribution in [2.24, 2.45) is 11.7 Å². The van der Waals surface area contributed by atoms with E-state index in [0.29, 0.717) is 6.10 Å². The lowest BCUT2D eigenvalue weighted by atomic mass is 9.88. The summed E-state index contributed by atoms with van der Waals surface area (Å²) in [6.07, 6.45) is 5.36. The van der Waals surface area contributed by atoms with Gasteiger partial charge in [0.1, 0.15) is 5.75 Å². The van der Waals surface area contributed by atoms with E-state index in [0.717, 1.165) is 17.2 Å². The minimum absolute atomic E-state index is 0.0405. The number of benzene rings is 1. The molecule has 4 unspecified atom stereocenters. The van der Waals surface area contributed by atoms with Gasteiger partial charge in [0.05, 0.1) is 25.4 Å². The first kappa shape index (κ1) is 15.3. The second-order valence-corrected chi connectivity index (χ2v) is 6.03. The molecule has 2 N–H and O–H groups in total. The van der Waals surface area contributed by atoms with Crippen molar-refractivity contribution in [1.29, 1.82) is 0 Å². The maximum Gasteiger partial charge on any atom is 0.118 e. The molecule has 1 aromatic rings. The quantitative estimate of drug-likeness (QED) is 0.893. The van der Waals surface area contributed by atoms with Crippen LogP contribution in [-0.2, 0) is 4.74 Å².